The van der Waals surface area contributed by atoms with Gasteiger partial charge in [0, 0.05) is 11.6 Å². The molecule has 0 radical (unpaired) electrons. The van der Waals surface area contributed by atoms with Crippen LogP contribution in [0.1, 0.15) is 25.3 Å². The van der Waals surface area contributed by atoms with Gasteiger partial charge in [-0.25, -0.2) is 4.39 Å². The monoisotopic (exact) mass is 312 g/mol. The number of halogens is 2. The number of amides is 1. The maximum Gasteiger partial charge on any atom is 0.237 e. The first-order chi connectivity index (χ1) is 10.0. The van der Waals surface area contributed by atoms with Gasteiger partial charge in [0.2, 0.25) is 5.91 Å². The van der Waals surface area contributed by atoms with Gasteiger partial charge < -0.3 is 15.4 Å². The molecule has 1 aromatic carbocycles. The second-order valence-electron chi connectivity index (χ2n) is 5.83. The van der Waals surface area contributed by atoms with Crippen LogP contribution in [0.5, 0.6) is 0 Å². The molecule has 114 valence electrons. The number of hydrogen-bond donors (Lipinski definition) is 2. The van der Waals surface area contributed by atoms with E-state index in [1.165, 1.54) is 6.07 Å². The van der Waals surface area contributed by atoms with Crippen LogP contribution >= 0.6 is 11.6 Å². The summed E-state index contributed by atoms with van der Waals surface area (Å²) in [7, 11) is 0. The summed E-state index contributed by atoms with van der Waals surface area (Å²) in [5.41, 5.74) is -0.431. The molecule has 1 saturated heterocycles. The molecule has 1 heterocycles. The molecule has 6 heteroatoms. The van der Waals surface area contributed by atoms with Crippen molar-refractivity contribution in [3.05, 3.63) is 34.6 Å². The highest BCUT2D eigenvalue weighted by Crippen LogP contribution is 2.34. The molecule has 1 saturated carbocycles. The lowest BCUT2D eigenvalue weighted by Gasteiger charge is -2.43. The molecule has 0 aromatic heterocycles. The maximum atomic E-state index is 14.2. The summed E-state index contributed by atoms with van der Waals surface area (Å²) in [6, 6.07) is 4.94. The quantitative estimate of drug-likeness (QED) is 0.874. The first-order valence-corrected chi connectivity index (χ1v) is 7.50. The Morgan fingerprint density at radius 2 is 2.19 bits per heavy atom. The second kappa shape index (κ2) is 5.55. The van der Waals surface area contributed by atoms with E-state index in [1.54, 1.807) is 12.1 Å². The van der Waals surface area contributed by atoms with Gasteiger partial charge in [-0.15, -0.1) is 0 Å². The van der Waals surface area contributed by atoms with Gasteiger partial charge in [0.25, 0.3) is 0 Å². The third-order valence-electron chi connectivity index (χ3n) is 3.98. The molecule has 1 amide bonds. The van der Waals surface area contributed by atoms with Crippen molar-refractivity contribution in [3.8, 4) is 0 Å². The molecular formula is C15H18ClFN2O2. The molecule has 2 N–H and O–H groups in total. The lowest BCUT2D eigenvalue weighted by Crippen LogP contribution is -2.62. The average molecular weight is 313 g/mol. The van der Waals surface area contributed by atoms with Crippen molar-refractivity contribution in [1.82, 2.24) is 10.6 Å². The van der Waals surface area contributed by atoms with Gasteiger partial charge >= 0.3 is 0 Å². The van der Waals surface area contributed by atoms with E-state index in [9.17, 15) is 9.18 Å². The first-order valence-electron chi connectivity index (χ1n) is 7.12. The Morgan fingerprint density at radius 1 is 1.48 bits per heavy atom. The minimum Gasteiger partial charge on any atom is -0.376 e. The molecule has 4 nitrogen and oxygen atoms in total. The van der Waals surface area contributed by atoms with Gasteiger partial charge in [-0.05, 0) is 25.8 Å². The molecular weight excluding hydrogens is 295 g/mol. The molecule has 1 atom stereocenters. The van der Waals surface area contributed by atoms with Crippen LogP contribution in [-0.2, 0) is 15.1 Å². The van der Waals surface area contributed by atoms with E-state index in [-0.39, 0.29) is 30.2 Å². The van der Waals surface area contributed by atoms with E-state index in [0.29, 0.717) is 11.6 Å². The number of hydrogen-bond acceptors (Lipinski definition) is 3. The number of carbonyl (C=O) groups is 1. The Hall–Kier alpha value is -1.17. The molecule has 1 aliphatic carbocycles. The zero-order valence-electron chi connectivity index (χ0n) is 11.8. The number of nitrogens with one attached hydrogen (secondary N) is 2. The fourth-order valence-electron chi connectivity index (χ4n) is 2.50. The summed E-state index contributed by atoms with van der Waals surface area (Å²) in [5, 5.41) is 6.20. The molecule has 21 heavy (non-hydrogen) atoms. The third-order valence-corrected chi connectivity index (χ3v) is 4.27. The summed E-state index contributed by atoms with van der Waals surface area (Å²) >= 11 is 5.84. The molecule has 2 aliphatic rings. The van der Waals surface area contributed by atoms with E-state index in [1.807, 2.05) is 6.92 Å². The van der Waals surface area contributed by atoms with Crippen LogP contribution in [0.3, 0.4) is 0 Å². The zero-order chi connectivity index (χ0) is 15.0. The van der Waals surface area contributed by atoms with Crippen molar-refractivity contribution in [2.45, 2.75) is 37.4 Å². The highest BCUT2D eigenvalue weighted by atomic mass is 35.5. The van der Waals surface area contributed by atoms with Crippen LogP contribution in [0.25, 0.3) is 0 Å². The third kappa shape index (κ3) is 2.91. The van der Waals surface area contributed by atoms with Gasteiger partial charge in [0.1, 0.15) is 11.4 Å². The number of ether oxygens (including phenoxy) is 1. The smallest absolute Gasteiger partial charge is 0.237 e. The minimum atomic E-state index is -0.814. The van der Waals surface area contributed by atoms with E-state index < -0.39 is 11.4 Å². The zero-order valence-corrected chi connectivity index (χ0v) is 12.5. The lowest BCUT2D eigenvalue weighted by atomic mass is 9.87. The van der Waals surface area contributed by atoms with Crippen molar-refractivity contribution in [2.24, 2.45) is 0 Å². The summed E-state index contributed by atoms with van der Waals surface area (Å²) in [5.74, 6) is -0.643. The van der Waals surface area contributed by atoms with Crippen molar-refractivity contribution in [3.63, 3.8) is 0 Å². The lowest BCUT2D eigenvalue weighted by molar-refractivity contribution is -0.135. The SMILES string of the molecule is CC(NC1CC1)C(=O)NC1(c2cccc(Cl)c2F)COC1. The Morgan fingerprint density at radius 3 is 2.76 bits per heavy atom. The molecule has 3 rings (SSSR count). The molecule has 0 bridgehead atoms. The molecule has 1 aliphatic heterocycles. The maximum absolute atomic E-state index is 14.2. The van der Waals surface area contributed by atoms with Crippen LogP contribution in [0, 0.1) is 5.82 Å². The average Bonchev–Trinajstić information content (AvgIpc) is 3.21. The Balaban J connectivity index is 1.76. The molecule has 2 fully saturated rings. The highest BCUT2D eigenvalue weighted by molar-refractivity contribution is 6.30. The largest absolute Gasteiger partial charge is 0.376 e. The predicted octanol–water partition coefficient (Wildman–Crippen LogP) is 1.96. The van der Waals surface area contributed by atoms with Crippen LogP contribution in [0.15, 0.2) is 18.2 Å². The van der Waals surface area contributed by atoms with Gasteiger partial charge in [0.05, 0.1) is 24.3 Å². The Labute approximate surface area is 128 Å². The number of carbonyl (C=O) groups excluding carboxylic acids is 1. The van der Waals surface area contributed by atoms with E-state index >= 15 is 0 Å². The minimum absolute atomic E-state index is 0.0529. The number of benzene rings is 1. The Kier molecular flexibility index (Phi) is 3.90. The molecule has 1 unspecified atom stereocenters. The van der Waals surface area contributed by atoms with Crippen molar-refractivity contribution < 1.29 is 13.9 Å². The van der Waals surface area contributed by atoms with E-state index in [4.69, 9.17) is 16.3 Å². The van der Waals surface area contributed by atoms with E-state index in [0.717, 1.165) is 12.8 Å². The van der Waals surface area contributed by atoms with Crippen LogP contribution in [-0.4, -0.2) is 31.2 Å². The van der Waals surface area contributed by atoms with Crippen molar-refractivity contribution in [1.29, 1.82) is 0 Å². The summed E-state index contributed by atoms with van der Waals surface area (Å²) in [6.07, 6.45) is 2.21. The van der Waals surface area contributed by atoms with Crippen LogP contribution in [0.4, 0.5) is 4.39 Å². The van der Waals surface area contributed by atoms with Gasteiger partial charge in [-0.3, -0.25) is 4.79 Å². The van der Waals surface area contributed by atoms with Crippen molar-refractivity contribution in [2.75, 3.05) is 13.2 Å². The molecule has 1 aromatic rings. The highest BCUT2D eigenvalue weighted by Gasteiger charge is 2.44. The van der Waals surface area contributed by atoms with Crippen molar-refractivity contribution >= 4 is 17.5 Å². The van der Waals surface area contributed by atoms with Gasteiger partial charge in [-0.2, -0.15) is 0 Å². The predicted molar refractivity (Wildman–Crippen MR) is 77.7 cm³/mol. The van der Waals surface area contributed by atoms with E-state index in [2.05, 4.69) is 10.6 Å². The standard InChI is InChI=1S/C15H18ClFN2O2/c1-9(18-10-5-6-10)14(20)19-15(7-21-8-15)11-3-2-4-12(16)13(11)17/h2-4,9-10,18H,5-8H2,1H3,(H,19,20). The fourth-order valence-corrected chi connectivity index (χ4v) is 2.67. The summed E-state index contributed by atoms with van der Waals surface area (Å²) in [4.78, 5) is 12.3. The van der Waals surface area contributed by atoms with Gasteiger partial charge in [0.15, 0.2) is 0 Å². The summed E-state index contributed by atoms with van der Waals surface area (Å²) < 4.78 is 19.5. The normalized spacial score (nSPS) is 21.5. The fraction of sp³-hybridized carbons (Fsp3) is 0.533. The summed E-state index contributed by atoms with van der Waals surface area (Å²) in [6.45, 7) is 2.33. The molecule has 0 spiro atoms. The topological polar surface area (TPSA) is 50.4 Å². The Bertz CT molecular complexity index is 559. The van der Waals surface area contributed by atoms with Crippen LogP contribution < -0.4 is 10.6 Å². The van der Waals surface area contributed by atoms with Gasteiger partial charge in [-0.1, -0.05) is 23.7 Å². The second-order valence-corrected chi connectivity index (χ2v) is 6.24. The first kappa shape index (κ1) is 14.8. The number of rotatable bonds is 5. The van der Waals surface area contributed by atoms with Crippen LogP contribution in [0.2, 0.25) is 5.02 Å².